The van der Waals surface area contributed by atoms with Crippen molar-refractivity contribution in [2.24, 2.45) is 0 Å². The summed E-state index contributed by atoms with van der Waals surface area (Å²) in [5, 5.41) is 0. The van der Waals surface area contributed by atoms with Crippen molar-refractivity contribution in [3.8, 4) is 0 Å². The van der Waals surface area contributed by atoms with Crippen LogP contribution in [0.15, 0.2) is 0 Å². The molecule has 0 aliphatic heterocycles. The number of hydrogen-bond donors (Lipinski definition) is 0. The molecule has 0 amide bonds. The molecule has 0 rings (SSSR count). The quantitative estimate of drug-likeness (QED) is 0.585. The van der Waals surface area contributed by atoms with Crippen LogP contribution in [0, 0.1) is 0 Å². The summed E-state index contributed by atoms with van der Waals surface area (Å²) in [6.07, 6.45) is 2.84. The second kappa shape index (κ2) is 7.56. The standard InChI is InChI=1S/C10H23NO/c1-5-11(6-2)9-7-8-10(3)12-4/h10H,5-9H2,1-4H3. The van der Waals surface area contributed by atoms with Gasteiger partial charge < -0.3 is 9.64 Å². The summed E-state index contributed by atoms with van der Waals surface area (Å²) in [6.45, 7) is 10.1. The summed E-state index contributed by atoms with van der Waals surface area (Å²) >= 11 is 0. The monoisotopic (exact) mass is 173 g/mol. The molecule has 0 saturated carbocycles. The molecule has 0 bridgehead atoms. The second-order valence-electron chi connectivity index (χ2n) is 3.22. The zero-order valence-corrected chi connectivity index (χ0v) is 8.97. The van der Waals surface area contributed by atoms with Gasteiger partial charge in [0.2, 0.25) is 0 Å². The molecule has 0 aromatic heterocycles. The average molecular weight is 173 g/mol. The van der Waals surface area contributed by atoms with Gasteiger partial charge in [-0.2, -0.15) is 0 Å². The highest BCUT2D eigenvalue weighted by molar-refractivity contribution is 4.55. The van der Waals surface area contributed by atoms with E-state index in [0.29, 0.717) is 6.10 Å². The van der Waals surface area contributed by atoms with Gasteiger partial charge in [0.25, 0.3) is 0 Å². The van der Waals surface area contributed by atoms with Crippen molar-refractivity contribution in [2.75, 3.05) is 26.7 Å². The van der Waals surface area contributed by atoms with Crippen LogP contribution in [0.4, 0.5) is 0 Å². The smallest absolute Gasteiger partial charge is 0.0543 e. The Hall–Kier alpha value is -0.0800. The summed E-state index contributed by atoms with van der Waals surface area (Å²) < 4.78 is 5.18. The number of nitrogens with zero attached hydrogens (tertiary/aromatic N) is 1. The molecule has 0 spiro atoms. The third-order valence-electron chi connectivity index (χ3n) is 2.38. The van der Waals surface area contributed by atoms with Gasteiger partial charge in [-0.3, -0.25) is 0 Å². The van der Waals surface area contributed by atoms with Crippen molar-refractivity contribution in [2.45, 2.75) is 39.7 Å². The highest BCUT2D eigenvalue weighted by Crippen LogP contribution is 2.01. The van der Waals surface area contributed by atoms with E-state index in [1.165, 1.54) is 19.4 Å². The molecule has 2 nitrogen and oxygen atoms in total. The molecule has 0 fully saturated rings. The first-order valence-electron chi connectivity index (χ1n) is 4.99. The molecule has 1 unspecified atom stereocenters. The lowest BCUT2D eigenvalue weighted by Gasteiger charge is -2.18. The molecule has 2 heteroatoms. The first-order chi connectivity index (χ1) is 5.74. The topological polar surface area (TPSA) is 12.5 Å². The maximum Gasteiger partial charge on any atom is 0.0543 e. The summed E-state index contributed by atoms with van der Waals surface area (Å²) in [5.41, 5.74) is 0. The molecule has 0 aliphatic carbocycles. The molecule has 12 heavy (non-hydrogen) atoms. The van der Waals surface area contributed by atoms with E-state index in [-0.39, 0.29) is 0 Å². The van der Waals surface area contributed by atoms with Crippen molar-refractivity contribution in [3.63, 3.8) is 0 Å². The normalized spacial score (nSPS) is 13.8. The van der Waals surface area contributed by atoms with E-state index in [0.717, 1.165) is 13.1 Å². The van der Waals surface area contributed by atoms with Crippen LogP contribution in [0.3, 0.4) is 0 Å². The Balaban J connectivity index is 3.28. The zero-order valence-electron chi connectivity index (χ0n) is 8.97. The van der Waals surface area contributed by atoms with E-state index in [1.807, 2.05) is 0 Å². The van der Waals surface area contributed by atoms with Crippen molar-refractivity contribution in [1.29, 1.82) is 0 Å². The minimum Gasteiger partial charge on any atom is -0.382 e. The van der Waals surface area contributed by atoms with Gasteiger partial charge in [-0.05, 0) is 39.4 Å². The third-order valence-corrected chi connectivity index (χ3v) is 2.38. The molecule has 0 aromatic rings. The third kappa shape index (κ3) is 5.56. The Morgan fingerprint density at radius 1 is 1.25 bits per heavy atom. The molecule has 74 valence electrons. The predicted molar refractivity (Wildman–Crippen MR) is 53.5 cm³/mol. The predicted octanol–water partition coefficient (Wildman–Crippen LogP) is 2.14. The second-order valence-corrected chi connectivity index (χ2v) is 3.22. The van der Waals surface area contributed by atoms with E-state index in [1.54, 1.807) is 7.11 Å². The van der Waals surface area contributed by atoms with Gasteiger partial charge >= 0.3 is 0 Å². The first kappa shape index (κ1) is 11.9. The van der Waals surface area contributed by atoms with E-state index in [2.05, 4.69) is 25.7 Å². The SMILES string of the molecule is CCN(CC)CCCC(C)OC. The van der Waals surface area contributed by atoms with Crippen molar-refractivity contribution >= 4 is 0 Å². The lowest BCUT2D eigenvalue weighted by Crippen LogP contribution is -2.24. The Kier molecular flexibility index (Phi) is 7.51. The number of rotatable bonds is 7. The van der Waals surface area contributed by atoms with Crippen LogP contribution in [-0.2, 0) is 4.74 Å². The van der Waals surface area contributed by atoms with Crippen molar-refractivity contribution in [3.05, 3.63) is 0 Å². The fourth-order valence-corrected chi connectivity index (χ4v) is 1.26. The van der Waals surface area contributed by atoms with Gasteiger partial charge in [0.15, 0.2) is 0 Å². The summed E-state index contributed by atoms with van der Waals surface area (Å²) in [7, 11) is 1.78. The number of methoxy groups -OCH3 is 1. The molecule has 0 aromatic carbocycles. The lowest BCUT2D eigenvalue weighted by atomic mass is 10.2. The zero-order chi connectivity index (χ0) is 9.40. The Morgan fingerprint density at radius 2 is 1.83 bits per heavy atom. The Morgan fingerprint density at radius 3 is 2.25 bits per heavy atom. The van der Waals surface area contributed by atoms with Gasteiger partial charge in [0, 0.05) is 7.11 Å². The Labute approximate surface area is 76.9 Å². The maximum absolute atomic E-state index is 5.18. The van der Waals surface area contributed by atoms with Gasteiger partial charge in [-0.25, -0.2) is 0 Å². The highest BCUT2D eigenvalue weighted by Gasteiger charge is 2.01. The fraction of sp³-hybridized carbons (Fsp3) is 1.00. The van der Waals surface area contributed by atoms with Crippen LogP contribution in [0.2, 0.25) is 0 Å². The maximum atomic E-state index is 5.18. The van der Waals surface area contributed by atoms with Crippen LogP contribution < -0.4 is 0 Å². The van der Waals surface area contributed by atoms with E-state index in [4.69, 9.17) is 4.74 Å². The van der Waals surface area contributed by atoms with E-state index < -0.39 is 0 Å². The largest absolute Gasteiger partial charge is 0.382 e. The molecule has 1 atom stereocenters. The summed E-state index contributed by atoms with van der Waals surface area (Å²) in [5.74, 6) is 0. The number of ether oxygens (including phenoxy) is 1. The molecule has 0 N–H and O–H groups in total. The van der Waals surface area contributed by atoms with E-state index >= 15 is 0 Å². The minimum atomic E-state index is 0.417. The Bertz CT molecular complexity index is 91.8. The molecule has 0 aliphatic rings. The van der Waals surface area contributed by atoms with Crippen LogP contribution in [-0.4, -0.2) is 37.7 Å². The molecule has 0 saturated heterocycles. The van der Waals surface area contributed by atoms with Crippen LogP contribution in [0.25, 0.3) is 0 Å². The molecular weight excluding hydrogens is 150 g/mol. The molecule has 0 heterocycles. The van der Waals surface area contributed by atoms with Crippen molar-refractivity contribution in [1.82, 2.24) is 4.90 Å². The average Bonchev–Trinajstić information content (AvgIpc) is 2.12. The van der Waals surface area contributed by atoms with Gasteiger partial charge in [0.1, 0.15) is 0 Å². The minimum absolute atomic E-state index is 0.417. The summed E-state index contributed by atoms with van der Waals surface area (Å²) in [4.78, 5) is 2.45. The van der Waals surface area contributed by atoms with Crippen LogP contribution in [0.5, 0.6) is 0 Å². The van der Waals surface area contributed by atoms with Crippen LogP contribution >= 0.6 is 0 Å². The first-order valence-corrected chi connectivity index (χ1v) is 4.99. The van der Waals surface area contributed by atoms with Gasteiger partial charge in [0.05, 0.1) is 6.10 Å². The fourth-order valence-electron chi connectivity index (χ4n) is 1.26. The van der Waals surface area contributed by atoms with Gasteiger partial charge in [-0.15, -0.1) is 0 Å². The van der Waals surface area contributed by atoms with Crippen LogP contribution in [0.1, 0.15) is 33.6 Å². The van der Waals surface area contributed by atoms with E-state index in [9.17, 15) is 0 Å². The highest BCUT2D eigenvalue weighted by atomic mass is 16.5. The van der Waals surface area contributed by atoms with Gasteiger partial charge in [-0.1, -0.05) is 13.8 Å². The van der Waals surface area contributed by atoms with Crippen molar-refractivity contribution < 1.29 is 4.74 Å². The summed E-state index contributed by atoms with van der Waals surface area (Å²) in [6, 6.07) is 0. The number of hydrogen-bond acceptors (Lipinski definition) is 2. The molecular formula is C10H23NO. The lowest BCUT2D eigenvalue weighted by molar-refractivity contribution is 0.105. The molecule has 0 radical (unpaired) electrons.